The van der Waals surface area contributed by atoms with Gasteiger partial charge in [0.05, 0.1) is 16.9 Å². The van der Waals surface area contributed by atoms with E-state index >= 15 is 0 Å². The molecule has 2 N–H and O–H groups in total. The van der Waals surface area contributed by atoms with Crippen molar-refractivity contribution in [1.29, 1.82) is 0 Å². The molecule has 172 valence electrons. The molecule has 1 aromatic rings. The Hall–Kier alpha value is -2.32. The van der Waals surface area contributed by atoms with Gasteiger partial charge in [-0.2, -0.15) is 13.2 Å². The number of halogens is 3. The molecule has 2 heterocycles. The van der Waals surface area contributed by atoms with Crippen molar-refractivity contribution < 1.29 is 22.8 Å². The Morgan fingerprint density at radius 1 is 1.32 bits per heavy atom. The van der Waals surface area contributed by atoms with Crippen LogP contribution in [0.5, 0.6) is 0 Å². The van der Waals surface area contributed by atoms with Crippen molar-refractivity contribution in [3.63, 3.8) is 0 Å². The predicted octanol–water partition coefficient (Wildman–Crippen LogP) is 4.18. The Morgan fingerprint density at radius 2 is 1.97 bits per heavy atom. The molecule has 0 radical (unpaired) electrons. The summed E-state index contributed by atoms with van der Waals surface area (Å²) in [5.74, 6) is -1.03. The number of carbonyl (C=O) groups excluding carboxylic acids is 2. The molecule has 3 rings (SSSR count). The summed E-state index contributed by atoms with van der Waals surface area (Å²) >= 11 is 0. The molecule has 0 aromatic carbocycles. The fourth-order valence-corrected chi connectivity index (χ4v) is 4.34. The molecule has 1 saturated heterocycles. The summed E-state index contributed by atoms with van der Waals surface area (Å²) in [4.78, 5) is 30.9. The smallest absolute Gasteiger partial charge is 0.383 e. The first kappa shape index (κ1) is 23.3. The highest BCUT2D eigenvalue weighted by atomic mass is 19.4. The SMILES string of the molecule is CC(C)c1nc(C(=O)N2CCNC(=O)C2(C)C)c(C(F)(F)F)cc1NCC1CCCC1. The number of pyridine rings is 1. The molecule has 1 aliphatic carbocycles. The van der Waals surface area contributed by atoms with Crippen molar-refractivity contribution in [2.45, 2.75) is 71.0 Å². The fourth-order valence-electron chi connectivity index (χ4n) is 4.34. The maximum Gasteiger partial charge on any atom is 0.418 e. The molecular weight excluding hydrogens is 409 g/mol. The Balaban J connectivity index is 2.03. The highest BCUT2D eigenvalue weighted by Crippen LogP contribution is 2.37. The summed E-state index contributed by atoms with van der Waals surface area (Å²) in [5, 5.41) is 5.82. The second-order valence-corrected chi connectivity index (χ2v) is 9.27. The molecule has 9 heteroatoms. The van der Waals surface area contributed by atoms with E-state index in [1.165, 1.54) is 18.7 Å². The largest absolute Gasteiger partial charge is 0.418 e. The number of piperazine rings is 1. The minimum Gasteiger partial charge on any atom is -0.383 e. The average molecular weight is 441 g/mol. The first-order valence-electron chi connectivity index (χ1n) is 10.9. The van der Waals surface area contributed by atoms with Gasteiger partial charge in [0.2, 0.25) is 5.91 Å². The topological polar surface area (TPSA) is 74.3 Å². The van der Waals surface area contributed by atoms with Crippen molar-refractivity contribution in [3.8, 4) is 0 Å². The maximum atomic E-state index is 14.0. The lowest BCUT2D eigenvalue weighted by atomic mass is 9.97. The van der Waals surface area contributed by atoms with Crippen LogP contribution in [-0.2, 0) is 11.0 Å². The standard InChI is InChI=1S/C22H31F3N4O2/c1-13(2)17-16(27-12-14-7-5-6-8-14)11-15(22(23,24)25)18(28-17)19(30)29-10-9-26-20(31)21(29,3)4/h11,13-14,27H,5-10,12H2,1-4H3,(H,26,31). The lowest BCUT2D eigenvalue weighted by Gasteiger charge is -2.41. The van der Waals surface area contributed by atoms with E-state index in [4.69, 9.17) is 0 Å². The van der Waals surface area contributed by atoms with E-state index in [0.717, 1.165) is 31.7 Å². The van der Waals surface area contributed by atoms with Gasteiger partial charge >= 0.3 is 6.18 Å². The van der Waals surface area contributed by atoms with Crippen LogP contribution in [0, 0.1) is 5.92 Å². The van der Waals surface area contributed by atoms with E-state index in [-0.39, 0.29) is 19.0 Å². The third-order valence-corrected chi connectivity index (χ3v) is 6.26. The zero-order valence-corrected chi connectivity index (χ0v) is 18.5. The third kappa shape index (κ3) is 4.80. The molecule has 2 amide bonds. The zero-order valence-electron chi connectivity index (χ0n) is 18.5. The molecular formula is C22H31F3N4O2. The van der Waals surface area contributed by atoms with E-state index in [1.807, 2.05) is 13.8 Å². The second-order valence-electron chi connectivity index (χ2n) is 9.27. The van der Waals surface area contributed by atoms with Gasteiger partial charge in [-0.25, -0.2) is 4.98 Å². The monoisotopic (exact) mass is 440 g/mol. The third-order valence-electron chi connectivity index (χ3n) is 6.26. The molecule has 2 aliphatic rings. The molecule has 2 fully saturated rings. The van der Waals surface area contributed by atoms with Crippen LogP contribution in [0.3, 0.4) is 0 Å². The van der Waals surface area contributed by atoms with Crippen LogP contribution in [0.15, 0.2) is 6.07 Å². The van der Waals surface area contributed by atoms with E-state index in [9.17, 15) is 22.8 Å². The van der Waals surface area contributed by atoms with Gasteiger partial charge in [0.1, 0.15) is 11.2 Å². The number of nitrogens with one attached hydrogen (secondary N) is 2. The summed E-state index contributed by atoms with van der Waals surface area (Å²) in [6, 6.07) is 1.02. The summed E-state index contributed by atoms with van der Waals surface area (Å²) in [5.41, 5.74) is -2.24. The first-order valence-corrected chi connectivity index (χ1v) is 10.9. The van der Waals surface area contributed by atoms with Crippen LogP contribution in [0.1, 0.15) is 81.0 Å². The van der Waals surface area contributed by atoms with Crippen LogP contribution >= 0.6 is 0 Å². The molecule has 1 saturated carbocycles. The Bertz CT molecular complexity index is 846. The summed E-state index contributed by atoms with van der Waals surface area (Å²) in [6.45, 7) is 7.61. The van der Waals surface area contributed by atoms with Gasteiger partial charge in [0, 0.05) is 19.6 Å². The second kappa shape index (κ2) is 8.67. The number of amides is 2. The van der Waals surface area contributed by atoms with Gasteiger partial charge < -0.3 is 15.5 Å². The van der Waals surface area contributed by atoms with Gasteiger partial charge in [-0.05, 0) is 44.6 Å². The van der Waals surface area contributed by atoms with E-state index in [0.29, 0.717) is 23.8 Å². The normalized spacial score (nSPS) is 19.6. The quantitative estimate of drug-likeness (QED) is 0.721. The fraction of sp³-hybridized carbons (Fsp3) is 0.682. The van der Waals surface area contributed by atoms with Crippen molar-refractivity contribution in [2.75, 3.05) is 25.0 Å². The molecule has 0 atom stereocenters. The van der Waals surface area contributed by atoms with Gasteiger partial charge in [0.15, 0.2) is 0 Å². The van der Waals surface area contributed by atoms with Crippen LogP contribution < -0.4 is 10.6 Å². The van der Waals surface area contributed by atoms with Crippen molar-refractivity contribution in [1.82, 2.24) is 15.2 Å². The molecule has 6 nitrogen and oxygen atoms in total. The van der Waals surface area contributed by atoms with Gasteiger partial charge in [0.25, 0.3) is 5.91 Å². The number of anilines is 1. The number of nitrogens with zero attached hydrogens (tertiary/aromatic N) is 2. The molecule has 1 aliphatic heterocycles. The number of alkyl halides is 3. The Labute approximate surface area is 181 Å². The lowest BCUT2D eigenvalue weighted by molar-refractivity contribution is -0.138. The van der Waals surface area contributed by atoms with Gasteiger partial charge in [-0.3, -0.25) is 9.59 Å². The number of rotatable bonds is 5. The van der Waals surface area contributed by atoms with E-state index in [1.54, 1.807) is 0 Å². The van der Waals surface area contributed by atoms with E-state index < -0.39 is 34.8 Å². The van der Waals surface area contributed by atoms with E-state index in [2.05, 4.69) is 15.6 Å². The van der Waals surface area contributed by atoms with Crippen molar-refractivity contribution >= 4 is 17.5 Å². The van der Waals surface area contributed by atoms with Gasteiger partial charge in [-0.1, -0.05) is 26.7 Å². The Kier molecular flexibility index (Phi) is 6.53. The minimum absolute atomic E-state index is 0.120. The highest BCUT2D eigenvalue weighted by Gasteiger charge is 2.45. The van der Waals surface area contributed by atoms with Crippen molar-refractivity contribution in [3.05, 3.63) is 23.0 Å². The number of hydrogen-bond acceptors (Lipinski definition) is 4. The van der Waals surface area contributed by atoms with Crippen LogP contribution in [0.2, 0.25) is 0 Å². The number of aromatic nitrogens is 1. The van der Waals surface area contributed by atoms with Gasteiger partial charge in [-0.15, -0.1) is 0 Å². The molecule has 1 aromatic heterocycles. The minimum atomic E-state index is -4.75. The maximum absolute atomic E-state index is 14.0. The van der Waals surface area contributed by atoms with Crippen molar-refractivity contribution in [2.24, 2.45) is 5.92 Å². The van der Waals surface area contributed by atoms with Crippen LogP contribution in [-0.4, -0.2) is 46.9 Å². The Morgan fingerprint density at radius 3 is 2.55 bits per heavy atom. The highest BCUT2D eigenvalue weighted by molar-refractivity contribution is 5.99. The van der Waals surface area contributed by atoms with Crippen LogP contribution in [0.25, 0.3) is 0 Å². The molecule has 0 bridgehead atoms. The first-order chi connectivity index (χ1) is 14.4. The number of hydrogen-bond donors (Lipinski definition) is 2. The zero-order chi connectivity index (χ0) is 23.0. The summed E-state index contributed by atoms with van der Waals surface area (Å²) in [6.07, 6.45) is -0.345. The van der Waals surface area contributed by atoms with Crippen LogP contribution in [0.4, 0.5) is 18.9 Å². The number of carbonyl (C=O) groups is 2. The average Bonchev–Trinajstić information content (AvgIpc) is 3.20. The molecule has 31 heavy (non-hydrogen) atoms. The predicted molar refractivity (Wildman–Crippen MR) is 112 cm³/mol. The summed E-state index contributed by atoms with van der Waals surface area (Å²) < 4.78 is 41.9. The summed E-state index contributed by atoms with van der Waals surface area (Å²) in [7, 11) is 0. The molecule has 0 unspecified atom stereocenters. The molecule has 0 spiro atoms. The lowest BCUT2D eigenvalue weighted by Crippen LogP contribution is -2.63.